The molecule has 1 heterocycles. The van der Waals surface area contributed by atoms with Crippen molar-refractivity contribution >= 4 is 15.9 Å². The minimum Gasteiger partial charge on any atom is -0.381 e. The molecule has 0 aliphatic carbocycles. The molecule has 0 aromatic heterocycles. The van der Waals surface area contributed by atoms with Gasteiger partial charge in [-0.25, -0.2) is 0 Å². The second-order valence-corrected chi connectivity index (χ2v) is 4.77. The van der Waals surface area contributed by atoms with Gasteiger partial charge in [0.1, 0.15) is 0 Å². The fraction of sp³-hybridized carbons (Fsp3) is 0.538. The highest BCUT2D eigenvalue weighted by atomic mass is 79.9. The minimum absolute atomic E-state index is 0.711. The van der Waals surface area contributed by atoms with E-state index in [9.17, 15) is 0 Å². The standard InChI is InChI=1S/C13H17BrO/c1-10-8-11(9-14)2-3-13(10)12-4-6-15-7-5-12/h2-3,8,12H,4-7,9H2,1H3. The summed E-state index contributed by atoms with van der Waals surface area (Å²) in [5.41, 5.74) is 4.31. The summed E-state index contributed by atoms with van der Waals surface area (Å²) in [6.07, 6.45) is 2.35. The number of hydrogen-bond acceptors (Lipinski definition) is 1. The quantitative estimate of drug-likeness (QED) is 0.742. The number of hydrogen-bond donors (Lipinski definition) is 0. The molecule has 0 radical (unpaired) electrons. The van der Waals surface area contributed by atoms with Gasteiger partial charge in [0.25, 0.3) is 0 Å². The first-order chi connectivity index (χ1) is 7.31. The molecule has 1 fully saturated rings. The van der Waals surface area contributed by atoms with Gasteiger partial charge in [-0.1, -0.05) is 34.1 Å². The molecule has 0 bridgehead atoms. The summed E-state index contributed by atoms with van der Waals surface area (Å²) in [6.45, 7) is 4.06. The monoisotopic (exact) mass is 268 g/mol. The summed E-state index contributed by atoms with van der Waals surface area (Å²) < 4.78 is 5.40. The predicted molar refractivity (Wildman–Crippen MR) is 66.6 cm³/mol. The second-order valence-electron chi connectivity index (χ2n) is 4.21. The highest BCUT2D eigenvalue weighted by Gasteiger charge is 2.17. The Bertz CT molecular complexity index is 329. The van der Waals surface area contributed by atoms with E-state index in [4.69, 9.17) is 4.74 Å². The van der Waals surface area contributed by atoms with Crippen LogP contribution in [0.4, 0.5) is 0 Å². The first-order valence-corrected chi connectivity index (χ1v) is 6.66. The molecule has 2 heteroatoms. The summed E-state index contributed by atoms with van der Waals surface area (Å²) in [7, 11) is 0. The fourth-order valence-corrected chi connectivity index (χ4v) is 2.64. The van der Waals surface area contributed by atoms with Crippen molar-refractivity contribution in [2.24, 2.45) is 0 Å². The molecule has 0 saturated carbocycles. The molecule has 82 valence electrons. The van der Waals surface area contributed by atoms with Gasteiger partial charge in [0.15, 0.2) is 0 Å². The summed E-state index contributed by atoms with van der Waals surface area (Å²) in [4.78, 5) is 0. The average Bonchev–Trinajstić information content (AvgIpc) is 2.30. The maximum atomic E-state index is 5.40. The van der Waals surface area contributed by atoms with Gasteiger partial charge in [-0.15, -0.1) is 0 Å². The van der Waals surface area contributed by atoms with E-state index in [0.717, 1.165) is 18.5 Å². The van der Waals surface area contributed by atoms with Crippen molar-refractivity contribution in [3.05, 3.63) is 34.9 Å². The highest BCUT2D eigenvalue weighted by Crippen LogP contribution is 2.29. The molecule has 15 heavy (non-hydrogen) atoms. The third kappa shape index (κ3) is 2.61. The van der Waals surface area contributed by atoms with Crippen molar-refractivity contribution in [3.63, 3.8) is 0 Å². The molecular weight excluding hydrogens is 252 g/mol. The molecule has 0 atom stereocenters. The van der Waals surface area contributed by atoms with Crippen molar-refractivity contribution in [3.8, 4) is 0 Å². The molecule has 1 aliphatic rings. The molecule has 0 N–H and O–H groups in total. The molecule has 2 rings (SSSR count). The Hall–Kier alpha value is -0.340. The Morgan fingerprint density at radius 3 is 2.67 bits per heavy atom. The topological polar surface area (TPSA) is 9.23 Å². The van der Waals surface area contributed by atoms with Gasteiger partial charge in [-0.2, -0.15) is 0 Å². The van der Waals surface area contributed by atoms with Gasteiger partial charge in [-0.05, 0) is 42.4 Å². The summed E-state index contributed by atoms with van der Waals surface area (Å²) in [6, 6.07) is 6.81. The molecule has 1 aliphatic heterocycles. The van der Waals surface area contributed by atoms with Crippen LogP contribution in [0.15, 0.2) is 18.2 Å². The Morgan fingerprint density at radius 1 is 1.33 bits per heavy atom. The molecular formula is C13H17BrO. The van der Waals surface area contributed by atoms with Crippen LogP contribution in [-0.4, -0.2) is 13.2 Å². The SMILES string of the molecule is Cc1cc(CBr)ccc1C1CCOCC1. The molecule has 1 aromatic carbocycles. The largest absolute Gasteiger partial charge is 0.381 e. The van der Waals surface area contributed by atoms with Crippen molar-refractivity contribution in [1.29, 1.82) is 0 Å². The van der Waals surface area contributed by atoms with Gasteiger partial charge in [0.05, 0.1) is 0 Å². The zero-order chi connectivity index (χ0) is 10.7. The minimum atomic E-state index is 0.711. The zero-order valence-electron chi connectivity index (χ0n) is 9.13. The van der Waals surface area contributed by atoms with E-state index in [-0.39, 0.29) is 0 Å². The van der Waals surface area contributed by atoms with Gasteiger partial charge in [0.2, 0.25) is 0 Å². The fourth-order valence-electron chi connectivity index (χ4n) is 2.29. The zero-order valence-corrected chi connectivity index (χ0v) is 10.7. The molecule has 1 nitrogen and oxygen atoms in total. The number of alkyl halides is 1. The first kappa shape index (κ1) is 11.2. The van der Waals surface area contributed by atoms with Crippen LogP contribution in [0.2, 0.25) is 0 Å². The Kier molecular flexibility index (Phi) is 3.81. The first-order valence-electron chi connectivity index (χ1n) is 5.54. The lowest BCUT2D eigenvalue weighted by Gasteiger charge is -2.24. The van der Waals surface area contributed by atoms with E-state index in [1.165, 1.54) is 29.5 Å². The van der Waals surface area contributed by atoms with Crippen LogP contribution in [0.1, 0.15) is 35.4 Å². The predicted octanol–water partition coefficient (Wildman–Crippen LogP) is 3.78. The molecule has 0 unspecified atom stereocenters. The van der Waals surface area contributed by atoms with E-state index in [1.54, 1.807) is 0 Å². The lowest BCUT2D eigenvalue weighted by molar-refractivity contribution is 0.0852. The average molecular weight is 269 g/mol. The number of halogens is 1. The van der Waals surface area contributed by atoms with E-state index in [1.807, 2.05) is 0 Å². The number of aryl methyl sites for hydroxylation is 1. The van der Waals surface area contributed by atoms with Crippen molar-refractivity contribution in [2.75, 3.05) is 13.2 Å². The molecule has 0 amide bonds. The third-order valence-electron chi connectivity index (χ3n) is 3.15. The van der Waals surface area contributed by atoms with Crippen LogP contribution < -0.4 is 0 Å². The van der Waals surface area contributed by atoms with Crippen LogP contribution in [0.5, 0.6) is 0 Å². The number of benzene rings is 1. The van der Waals surface area contributed by atoms with Gasteiger partial charge < -0.3 is 4.74 Å². The highest BCUT2D eigenvalue weighted by molar-refractivity contribution is 9.08. The summed E-state index contributed by atoms with van der Waals surface area (Å²) >= 11 is 3.49. The van der Waals surface area contributed by atoms with Crippen molar-refractivity contribution < 1.29 is 4.74 Å². The lowest BCUT2D eigenvalue weighted by Crippen LogP contribution is -2.14. The van der Waals surface area contributed by atoms with E-state index >= 15 is 0 Å². The third-order valence-corrected chi connectivity index (χ3v) is 3.80. The van der Waals surface area contributed by atoms with Crippen LogP contribution in [0.25, 0.3) is 0 Å². The Balaban J connectivity index is 2.19. The maximum absolute atomic E-state index is 5.40. The van der Waals surface area contributed by atoms with Crippen LogP contribution >= 0.6 is 15.9 Å². The second kappa shape index (κ2) is 5.13. The van der Waals surface area contributed by atoms with Gasteiger partial charge >= 0.3 is 0 Å². The van der Waals surface area contributed by atoms with Gasteiger partial charge in [-0.3, -0.25) is 0 Å². The van der Waals surface area contributed by atoms with E-state index in [0.29, 0.717) is 5.92 Å². The van der Waals surface area contributed by atoms with Crippen LogP contribution in [0, 0.1) is 6.92 Å². The Labute approximate surface area is 100.0 Å². The molecule has 1 aromatic rings. The number of rotatable bonds is 2. The molecule has 1 saturated heterocycles. The number of ether oxygens (including phenoxy) is 1. The Morgan fingerprint density at radius 2 is 2.07 bits per heavy atom. The summed E-state index contributed by atoms with van der Waals surface area (Å²) in [5.74, 6) is 0.711. The van der Waals surface area contributed by atoms with E-state index in [2.05, 4.69) is 41.1 Å². The van der Waals surface area contributed by atoms with Crippen LogP contribution in [0.3, 0.4) is 0 Å². The maximum Gasteiger partial charge on any atom is 0.0471 e. The van der Waals surface area contributed by atoms with Gasteiger partial charge in [0, 0.05) is 18.5 Å². The van der Waals surface area contributed by atoms with Crippen LogP contribution in [-0.2, 0) is 10.1 Å². The molecule has 0 spiro atoms. The normalized spacial score (nSPS) is 18.0. The van der Waals surface area contributed by atoms with Crippen molar-refractivity contribution in [1.82, 2.24) is 0 Å². The van der Waals surface area contributed by atoms with Crippen molar-refractivity contribution in [2.45, 2.75) is 31.0 Å². The summed E-state index contributed by atoms with van der Waals surface area (Å²) in [5, 5.41) is 0.946. The lowest BCUT2D eigenvalue weighted by atomic mass is 9.88. The smallest absolute Gasteiger partial charge is 0.0471 e. The van der Waals surface area contributed by atoms with E-state index < -0.39 is 0 Å².